The van der Waals surface area contributed by atoms with Crippen molar-refractivity contribution in [2.75, 3.05) is 26.8 Å². The van der Waals surface area contributed by atoms with Crippen molar-refractivity contribution in [3.05, 3.63) is 16.1 Å². The molecule has 0 aliphatic heterocycles. The monoisotopic (exact) mass is 466 g/mol. The second-order valence-corrected chi connectivity index (χ2v) is 5.39. The largest absolute Gasteiger partial charge is 0.434 e. The normalized spacial score (nSPS) is 12.0. The van der Waals surface area contributed by atoms with Crippen LogP contribution >= 0.6 is 35.3 Å². The minimum Gasteiger partial charge on any atom is -0.380 e. The number of alkyl halides is 3. The third-order valence-corrected chi connectivity index (χ3v) is 3.50. The third kappa shape index (κ3) is 9.30. The van der Waals surface area contributed by atoms with Crippen LogP contribution in [-0.2, 0) is 17.5 Å². The molecule has 0 radical (unpaired) electrons. The third-order valence-electron chi connectivity index (χ3n) is 2.65. The van der Waals surface area contributed by atoms with E-state index in [1.807, 2.05) is 0 Å². The Hall–Kier alpha value is -0.620. The van der Waals surface area contributed by atoms with E-state index in [-0.39, 0.29) is 30.5 Å². The van der Waals surface area contributed by atoms with E-state index in [2.05, 4.69) is 27.5 Å². The van der Waals surface area contributed by atoms with Crippen LogP contribution in [0.1, 0.15) is 30.5 Å². The number of nitrogens with zero attached hydrogens (tertiary/aromatic N) is 2. The molecular weight excluding hydrogens is 444 g/mol. The van der Waals surface area contributed by atoms with E-state index in [4.69, 9.17) is 4.74 Å². The van der Waals surface area contributed by atoms with Gasteiger partial charge in [-0.2, -0.15) is 13.2 Å². The molecule has 1 heterocycles. The van der Waals surface area contributed by atoms with Crippen LogP contribution in [0.25, 0.3) is 0 Å². The van der Waals surface area contributed by atoms with Crippen molar-refractivity contribution >= 4 is 41.3 Å². The summed E-state index contributed by atoms with van der Waals surface area (Å²) in [5.74, 6) is 0.503. The van der Waals surface area contributed by atoms with Crippen LogP contribution in [0.3, 0.4) is 0 Å². The summed E-state index contributed by atoms with van der Waals surface area (Å²) >= 11 is 0.965. The standard InChI is InChI=1S/C13H21F3N4OS.HI/c1-3-4-6-21-7-5-18-12(17-2)19-8-11-20-10(9-22-11)13(14,15)16;/h9H,3-8H2,1-2H3,(H2,17,18,19);1H. The molecule has 0 aliphatic rings. The van der Waals surface area contributed by atoms with E-state index in [9.17, 15) is 13.2 Å². The Balaban J connectivity index is 0.00000484. The lowest BCUT2D eigenvalue weighted by Gasteiger charge is -2.11. The zero-order chi connectivity index (χ0) is 16.4. The number of aliphatic imine (C=N–C) groups is 1. The number of nitrogens with one attached hydrogen (secondary N) is 2. The van der Waals surface area contributed by atoms with Crippen molar-refractivity contribution in [3.8, 4) is 0 Å². The maximum atomic E-state index is 12.4. The minimum absolute atomic E-state index is 0. The van der Waals surface area contributed by atoms with E-state index >= 15 is 0 Å². The molecule has 0 unspecified atom stereocenters. The smallest absolute Gasteiger partial charge is 0.380 e. The summed E-state index contributed by atoms with van der Waals surface area (Å²) in [6.45, 7) is 4.14. The summed E-state index contributed by atoms with van der Waals surface area (Å²) in [6.07, 6.45) is -2.28. The van der Waals surface area contributed by atoms with Crippen molar-refractivity contribution < 1.29 is 17.9 Å². The Kier molecular flexibility index (Phi) is 11.5. The van der Waals surface area contributed by atoms with Gasteiger partial charge >= 0.3 is 6.18 Å². The molecular formula is C13H22F3IN4OS. The van der Waals surface area contributed by atoms with Crippen LogP contribution in [0, 0.1) is 0 Å². The molecule has 1 aromatic heterocycles. The highest BCUT2D eigenvalue weighted by atomic mass is 127. The Morgan fingerprint density at radius 1 is 1.35 bits per heavy atom. The number of ether oxygens (including phenoxy) is 1. The molecule has 134 valence electrons. The van der Waals surface area contributed by atoms with Crippen molar-refractivity contribution in [1.29, 1.82) is 0 Å². The van der Waals surface area contributed by atoms with Crippen LogP contribution in [0.15, 0.2) is 10.4 Å². The topological polar surface area (TPSA) is 58.5 Å². The summed E-state index contributed by atoms with van der Waals surface area (Å²) in [7, 11) is 1.59. The van der Waals surface area contributed by atoms with E-state index < -0.39 is 11.9 Å². The van der Waals surface area contributed by atoms with Crippen molar-refractivity contribution in [3.63, 3.8) is 0 Å². The predicted octanol–water partition coefficient (Wildman–Crippen LogP) is 3.26. The number of aromatic nitrogens is 1. The highest BCUT2D eigenvalue weighted by Crippen LogP contribution is 2.29. The minimum atomic E-state index is -4.40. The fourth-order valence-corrected chi connectivity index (χ4v) is 2.23. The van der Waals surface area contributed by atoms with Crippen LogP contribution < -0.4 is 10.6 Å². The van der Waals surface area contributed by atoms with Gasteiger partial charge in [-0.05, 0) is 6.42 Å². The number of unbranched alkanes of at least 4 members (excludes halogenated alkanes) is 1. The molecule has 1 rings (SSSR count). The molecule has 0 bridgehead atoms. The molecule has 0 aliphatic carbocycles. The Morgan fingerprint density at radius 3 is 2.65 bits per heavy atom. The fraction of sp³-hybridized carbons (Fsp3) is 0.692. The molecule has 10 heteroatoms. The molecule has 5 nitrogen and oxygen atoms in total. The maximum Gasteiger partial charge on any atom is 0.434 e. The molecule has 1 aromatic rings. The molecule has 0 spiro atoms. The van der Waals surface area contributed by atoms with Gasteiger partial charge in [0, 0.05) is 25.6 Å². The van der Waals surface area contributed by atoms with Gasteiger partial charge in [0.15, 0.2) is 11.7 Å². The quantitative estimate of drug-likeness (QED) is 0.267. The van der Waals surface area contributed by atoms with Gasteiger partial charge in [-0.15, -0.1) is 35.3 Å². The molecule has 0 fully saturated rings. The molecule has 0 saturated heterocycles. The van der Waals surface area contributed by atoms with Gasteiger partial charge in [0.2, 0.25) is 0 Å². The lowest BCUT2D eigenvalue weighted by atomic mass is 10.4. The fourth-order valence-electron chi connectivity index (χ4n) is 1.49. The summed E-state index contributed by atoms with van der Waals surface area (Å²) < 4.78 is 42.7. The second-order valence-electron chi connectivity index (χ2n) is 4.44. The van der Waals surface area contributed by atoms with E-state index in [0.717, 1.165) is 36.2 Å². The Morgan fingerprint density at radius 2 is 2.09 bits per heavy atom. The number of rotatable bonds is 8. The molecule has 23 heavy (non-hydrogen) atoms. The highest BCUT2D eigenvalue weighted by Gasteiger charge is 2.33. The second kappa shape index (κ2) is 11.8. The molecule has 0 saturated carbocycles. The summed E-state index contributed by atoms with van der Waals surface area (Å²) in [5.41, 5.74) is -0.860. The van der Waals surface area contributed by atoms with Crippen molar-refractivity contribution in [2.24, 2.45) is 4.99 Å². The van der Waals surface area contributed by atoms with Crippen LogP contribution in [0.2, 0.25) is 0 Å². The van der Waals surface area contributed by atoms with Gasteiger partial charge in [0.25, 0.3) is 0 Å². The van der Waals surface area contributed by atoms with Gasteiger partial charge < -0.3 is 15.4 Å². The first kappa shape index (κ1) is 22.4. The first-order valence-electron chi connectivity index (χ1n) is 7.01. The summed E-state index contributed by atoms with van der Waals surface area (Å²) in [5, 5.41) is 7.30. The highest BCUT2D eigenvalue weighted by molar-refractivity contribution is 14.0. The zero-order valence-electron chi connectivity index (χ0n) is 13.1. The predicted molar refractivity (Wildman–Crippen MR) is 96.5 cm³/mol. The Labute approximate surface area is 155 Å². The maximum absolute atomic E-state index is 12.4. The number of thiazole rings is 1. The molecule has 0 atom stereocenters. The van der Waals surface area contributed by atoms with Gasteiger partial charge in [0.1, 0.15) is 5.01 Å². The number of hydrogen-bond acceptors (Lipinski definition) is 4. The average molecular weight is 466 g/mol. The summed E-state index contributed by atoms with van der Waals surface area (Å²) in [6, 6.07) is 0. The van der Waals surface area contributed by atoms with E-state index in [1.54, 1.807) is 7.05 Å². The molecule has 0 amide bonds. The lowest BCUT2D eigenvalue weighted by molar-refractivity contribution is -0.140. The van der Waals surface area contributed by atoms with Crippen LogP contribution in [0.5, 0.6) is 0 Å². The van der Waals surface area contributed by atoms with E-state index in [1.165, 1.54) is 0 Å². The van der Waals surface area contributed by atoms with Crippen molar-refractivity contribution in [1.82, 2.24) is 15.6 Å². The molecule has 2 N–H and O–H groups in total. The molecule has 0 aromatic carbocycles. The van der Waals surface area contributed by atoms with Gasteiger partial charge in [-0.1, -0.05) is 13.3 Å². The Bertz CT molecular complexity index is 468. The average Bonchev–Trinajstić information content (AvgIpc) is 2.95. The van der Waals surface area contributed by atoms with Gasteiger partial charge in [-0.3, -0.25) is 4.99 Å². The van der Waals surface area contributed by atoms with Gasteiger partial charge in [0.05, 0.1) is 13.2 Å². The lowest BCUT2D eigenvalue weighted by Crippen LogP contribution is -2.38. The zero-order valence-corrected chi connectivity index (χ0v) is 16.2. The SMILES string of the molecule is CCCCOCCNC(=NC)NCc1nc(C(F)(F)F)cs1.I. The summed E-state index contributed by atoms with van der Waals surface area (Å²) in [4.78, 5) is 7.53. The number of guanidine groups is 1. The number of halogens is 4. The van der Waals surface area contributed by atoms with Crippen LogP contribution in [-0.4, -0.2) is 37.7 Å². The van der Waals surface area contributed by atoms with Crippen molar-refractivity contribution in [2.45, 2.75) is 32.5 Å². The van der Waals surface area contributed by atoms with Crippen LogP contribution in [0.4, 0.5) is 13.2 Å². The first-order valence-corrected chi connectivity index (χ1v) is 7.89. The number of hydrogen-bond donors (Lipinski definition) is 2. The van der Waals surface area contributed by atoms with E-state index in [0.29, 0.717) is 24.1 Å². The van der Waals surface area contributed by atoms with Gasteiger partial charge in [-0.25, -0.2) is 4.98 Å². The first-order chi connectivity index (χ1) is 10.5.